The number of morpholine rings is 1. The van der Waals surface area contributed by atoms with Gasteiger partial charge in [-0.2, -0.15) is 0 Å². The number of nitrogens with one attached hydrogen (secondary N) is 1. The minimum absolute atomic E-state index is 0.450. The van der Waals surface area contributed by atoms with E-state index in [1.54, 1.807) is 6.07 Å². The minimum atomic E-state index is -0.450. The van der Waals surface area contributed by atoms with Crippen LogP contribution in [-0.4, -0.2) is 42.2 Å². The molecule has 3 N–H and O–H groups in total. The Morgan fingerprint density at radius 2 is 2.05 bits per heavy atom. The SMILES string of the molecule is NC(=O)c1cc(N2CCOCC2)nc2c1[nH]c1ccccc12. The summed E-state index contributed by atoms with van der Waals surface area (Å²) in [4.78, 5) is 22.0. The number of H-pyrrole nitrogens is 1. The smallest absolute Gasteiger partial charge is 0.251 e. The maximum Gasteiger partial charge on any atom is 0.251 e. The second-order valence-corrected chi connectivity index (χ2v) is 5.39. The highest BCUT2D eigenvalue weighted by atomic mass is 16.5. The van der Waals surface area contributed by atoms with Crippen LogP contribution in [0.15, 0.2) is 30.3 Å². The van der Waals surface area contributed by atoms with Crippen molar-refractivity contribution < 1.29 is 9.53 Å². The molecular weight excluding hydrogens is 280 g/mol. The van der Waals surface area contributed by atoms with E-state index >= 15 is 0 Å². The van der Waals surface area contributed by atoms with Crippen LogP contribution in [0.1, 0.15) is 10.4 Å². The molecule has 0 radical (unpaired) electrons. The first-order valence-corrected chi connectivity index (χ1v) is 7.28. The molecule has 0 bridgehead atoms. The number of amides is 1. The van der Waals surface area contributed by atoms with E-state index in [9.17, 15) is 4.79 Å². The van der Waals surface area contributed by atoms with Crippen LogP contribution in [0.25, 0.3) is 21.9 Å². The Morgan fingerprint density at radius 1 is 1.27 bits per heavy atom. The molecule has 112 valence electrons. The summed E-state index contributed by atoms with van der Waals surface area (Å²) in [5.41, 5.74) is 8.48. The number of carbonyl (C=O) groups excluding carboxylic acids is 1. The zero-order chi connectivity index (χ0) is 15.1. The average Bonchev–Trinajstić information content (AvgIpc) is 2.93. The molecule has 0 aliphatic carbocycles. The number of ether oxygens (including phenoxy) is 1. The molecule has 3 heterocycles. The van der Waals surface area contributed by atoms with Gasteiger partial charge in [-0.15, -0.1) is 0 Å². The molecule has 22 heavy (non-hydrogen) atoms. The second kappa shape index (κ2) is 4.99. The van der Waals surface area contributed by atoms with E-state index in [1.165, 1.54) is 0 Å². The molecular formula is C16H16N4O2. The Morgan fingerprint density at radius 3 is 2.82 bits per heavy atom. The Labute approximate surface area is 126 Å². The van der Waals surface area contributed by atoms with Crippen molar-refractivity contribution in [3.63, 3.8) is 0 Å². The predicted octanol–water partition coefficient (Wildman–Crippen LogP) is 1.65. The van der Waals surface area contributed by atoms with Crippen molar-refractivity contribution >= 4 is 33.7 Å². The minimum Gasteiger partial charge on any atom is -0.378 e. The predicted molar refractivity (Wildman–Crippen MR) is 85.1 cm³/mol. The summed E-state index contributed by atoms with van der Waals surface area (Å²) < 4.78 is 5.37. The Balaban J connectivity index is 1.98. The zero-order valence-corrected chi connectivity index (χ0v) is 12.0. The van der Waals surface area contributed by atoms with Crippen LogP contribution in [0.3, 0.4) is 0 Å². The van der Waals surface area contributed by atoms with Gasteiger partial charge in [0.25, 0.3) is 5.91 Å². The molecule has 2 aromatic heterocycles. The second-order valence-electron chi connectivity index (χ2n) is 5.39. The Bertz CT molecular complexity index is 865. The molecule has 1 fully saturated rings. The Hall–Kier alpha value is -2.60. The highest BCUT2D eigenvalue weighted by Gasteiger charge is 2.19. The fourth-order valence-corrected chi connectivity index (χ4v) is 2.94. The number of carbonyl (C=O) groups is 1. The van der Waals surface area contributed by atoms with Crippen molar-refractivity contribution in [2.24, 2.45) is 5.73 Å². The van der Waals surface area contributed by atoms with Crippen molar-refractivity contribution in [2.45, 2.75) is 0 Å². The fourth-order valence-electron chi connectivity index (χ4n) is 2.94. The Kier molecular flexibility index (Phi) is 2.97. The number of pyridine rings is 1. The molecule has 1 amide bonds. The topological polar surface area (TPSA) is 84.2 Å². The van der Waals surface area contributed by atoms with Gasteiger partial charge in [0.05, 0.1) is 29.8 Å². The number of benzene rings is 1. The number of hydrogen-bond donors (Lipinski definition) is 2. The third-order valence-corrected chi connectivity index (χ3v) is 4.05. The van der Waals surface area contributed by atoms with Gasteiger partial charge < -0.3 is 20.4 Å². The van der Waals surface area contributed by atoms with Crippen LogP contribution < -0.4 is 10.6 Å². The molecule has 0 spiro atoms. The largest absolute Gasteiger partial charge is 0.378 e. The van der Waals surface area contributed by atoms with Gasteiger partial charge in [0.2, 0.25) is 0 Å². The van der Waals surface area contributed by atoms with Crippen LogP contribution in [0, 0.1) is 0 Å². The number of rotatable bonds is 2. The molecule has 0 unspecified atom stereocenters. The van der Waals surface area contributed by atoms with E-state index < -0.39 is 5.91 Å². The van der Waals surface area contributed by atoms with Gasteiger partial charge in [-0.25, -0.2) is 4.98 Å². The lowest BCUT2D eigenvalue weighted by Gasteiger charge is -2.28. The van der Waals surface area contributed by atoms with Crippen LogP contribution in [0.5, 0.6) is 0 Å². The van der Waals surface area contributed by atoms with Gasteiger partial charge in [0.1, 0.15) is 5.82 Å². The number of para-hydroxylation sites is 1. The van der Waals surface area contributed by atoms with Crippen LogP contribution in [0.4, 0.5) is 5.82 Å². The van der Waals surface area contributed by atoms with Gasteiger partial charge >= 0.3 is 0 Å². The summed E-state index contributed by atoms with van der Waals surface area (Å²) in [6.07, 6.45) is 0. The fraction of sp³-hybridized carbons (Fsp3) is 0.250. The van der Waals surface area contributed by atoms with Gasteiger partial charge in [-0.3, -0.25) is 4.79 Å². The molecule has 0 saturated carbocycles. The van der Waals surface area contributed by atoms with Gasteiger partial charge in [0, 0.05) is 24.0 Å². The number of aromatic nitrogens is 2. The third-order valence-electron chi connectivity index (χ3n) is 4.05. The van der Waals surface area contributed by atoms with E-state index in [4.69, 9.17) is 15.5 Å². The van der Waals surface area contributed by atoms with Crippen molar-refractivity contribution in [2.75, 3.05) is 31.2 Å². The number of anilines is 1. The molecule has 1 saturated heterocycles. The van der Waals surface area contributed by atoms with Crippen molar-refractivity contribution in [3.8, 4) is 0 Å². The standard InChI is InChI=1S/C16H16N4O2/c17-16(21)11-9-13(20-5-7-22-8-6-20)19-14-10-3-1-2-4-12(10)18-15(11)14/h1-4,9,18H,5-8H2,(H2,17,21). The zero-order valence-electron chi connectivity index (χ0n) is 12.0. The quantitative estimate of drug-likeness (QED) is 0.753. The van der Waals surface area contributed by atoms with Gasteiger partial charge in [0.15, 0.2) is 0 Å². The lowest BCUT2D eigenvalue weighted by molar-refractivity contribution is 0.100. The first-order chi connectivity index (χ1) is 10.7. The van der Waals surface area contributed by atoms with Crippen molar-refractivity contribution in [1.29, 1.82) is 0 Å². The third kappa shape index (κ3) is 2.00. The maximum atomic E-state index is 11.9. The molecule has 0 atom stereocenters. The first-order valence-electron chi connectivity index (χ1n) is 7.28. The molecule has 6 nitrogen and oxygen atoms in total. The number of aromatic amines is 1. The van der Waals surface area contributed by atoms with Crippen LogP contribution in [0.2, 0.25) is 0 Å². The van der Waals surface area contributed by atoms with Gasteiger partial charge in [-0.05, 0) is 12.1 Å². The summed E-state index contributed by atoms with van der Waals surface area (Å²) >= 11 is 0. The summed E-state index contributed by atoms with van der Waals surface area (Å²) in [6.45, 7) is 2.86. The number of primary amides is 1. The van der Waals surface area contributed by atoms with Crippen molar-refractivity contribution in [1.82, 2.24) is 9.97 Å². The van der Waals surface area contributed by atoms with Crippen molar-refractivity contribution in [3.05, 3.63) is 35.9 Å². The molecule has 6 heteroatoms. The molecule has 1 aliphatic heterocycles. The normalized spacial score (nSPS) is 15.5. The number of hydrogen-bond acceptors (Lipinski definition) is 4. The maximum absolute atomic E-state index is 11.9. The van der Waals surface area contributed by atoms with E-state index in [-0.39, 0.29) is 0 Å². The summed E-state index contributed by atoms with van der Waals surface area (Å²) in [6, 6.07) is 9.64. The first kappa shape index (κ1) is 13.1. The molecule has 1 aliphatic rings. The number of fused-ring (bicyclic) bond motifs is 3. The van der Waals surface area contributed by atoms with Gasteiger partial charge in [-0.1, -0.05) is 18.2 Å². The highest BCUT2D eigenvalue weighted by Crippen LogP contribution is 2.29. The molecule has 1 aromatic carbocycles. The van der Waals surface area contributed by atoms with E-state index in [1.807, 2.05) is 24.3 Å². The summed E-state index contributed by atoms with van der Waals surface area (Å²) in [5, 5.41) is 0.995. The van der Waals surface area contributed by atoms with Crippen LogP contribution in [-0.2, 0) is 4.74 Å². The van der Waals surface area contributed by atoms with E-state index in [0.29, 0.717) is 24.3 Å². The summed E-state index contributed by atoms with van der Waals surface area (Å²) in [7, 11) is 0. The van der Waals surface area contributed by atoms with Crippen LogP contribution >= 0.6 is 0 Å². The number of nitrogens with zero attached hydrogens (tertiary/aromatic N) is 2. The lowest BCUT2D eigenvalue weighted by Crippen LogP contribution is -2.37. The van der Waals surface area contributed by atoms with E-state index in [0.717, 1.165) is 35.3 Å². The number of nitrogens with two attached hydrogens (primary N) is 1. The monoisotopic (exact) mass is 296 g/mol. The average molecular weight is 296 g/mol. The molecule has 3 aromatic rings. The van der Waals surface area contributed by atoms with E-state index in [2.05, 4.69) is 9.88 Å². The molecule has 4 rings (SSSR count). The summed E-state index contributed by atoms with van der Waals surface area (Å²) in [5.74, 6) is 0.322. The highest BCUT2D eigenvalue weighted by molar-refractivity contribution is 6.13. The lowest BCUT2D eigenvalue weighted by atomic mass is 10.1.